The third-order valence-electron chi connectivity index (χ3n) is 3.47. The molecule has 3 aromatic rings. The molecular formula is C18H18N4O3S2. The number of hydrogen-bond donors (Lipinski definition) is 2. The molecule has 0 aliphatic carbocycles. The summed E-state index contributed by atoms with van der Waals surface area (Å²) in [5.74, 6) is 0.621. The van der Waals surface area contributed by atoms with Crippen molar-refractivity contribution in [3.05, 3.63) is 60.1 Å². The van der Waals surface area contributed by atoms with Crippen LogP contribution in [0.1, 0.15) is 29.0 Å². The molecule has 0 aliphatic heterocycles. The van der Waals surface area contributed by atoms with Crippen LogP contribution in [0, 0.1) is 0 Å². The number of furan rings is 1. The van der Waals surface area contributed by atoms with Crippen molar-refractivity contribution in [3.8, 4) is 0 Å². The fourth-order valence-corrected chi connectivity index (χ4v) is 3.89. The van der Waals surface area contributed by atoms with E-state index in [0.717, 1.165) is 10.1 Å². The van der Waals surface area contributed by atoms with Crippen molar-refractivity contribution in [2.24, 2.45) is 0 Å². The molecule has 2 aromatic heterocycles. The van der Waals surface area contributed by atoms with Gasteiger partial charge in [0.2, 0.25) is 11.0 Å². The highest BCUT2D eigenvalue weighted by atomic mass is 32.2. The van der Waals surface area contributed by atoms with Gasteiger partial charge in [-0.25, -0.2) is 0 Å². The van der Waals surface area contributed by atoms with E-state index in [2.05, 4.69) is 33.0 Å². The van der Waals surface area contributed by atoms with Gasteiger partial charge in [-0.1, -0.05) is 53.4 Å². The highest BCUT2D eigenvalue weighted by Crippen LogP contribution is 2.28. The maximum absolute atomic E-state index is 12.0. The predicted molar refractivity (Wildman–Crippen MR) is 105 cm³/mol. The number of aromatic nitrogens is 2. The fourth-order valence-electron chi connectivity index (χ4n) is 2.17. The van der Waals surface area contributed by atoms with E-state index in [0.29, 0.717) is 18.1 Å². The summed E-state index contributed by atoms with van der Waals surface area (Å²) in [4.78, 5) is 23.6. The van der Waals surface area contributed by atoms with Crippen LogP contribution in [0.5, 0.6) is 0 Å². The Labute approximate surface area is 164 Å². The van der Waals surface area contributed by atoms with Crippen LogP contribution in [0.15, 0.2) is 57.5 Å². The second kappa shape index (κ2) is 9.89. The molecule has 2 N–H and O–H groups in total. The average Bonchev–Trinajstić information content (AvgIpc) is 3.36. The van der Waals surface area contributed by atoms with Crippen molar-refractivity contribution in [2.45, 2.75) is 22.9 Å². The van der Waals surface area contributed by atoms with Gasteiger partial charge in [-0.2, -0.15) is 0 Å². The maximum atomic E-state index is 12.0. The highest BCUT2D eigenvalue weighted by molar-refractivity contribution is 8.00. The van der Waals surface area contributed by atoms with Gasteiger partial charge in [-0.3, -0.25) is 9.59 Å². The van der Waals surface area contributed by atoms with Crippen LogP contribution in [0.3, 0.4) is 0 Å². The summed E-state index contributed by atoms with van der Waals surface area (Å²) in [5.41, 5.74) is 1.21. The lowest BCUT2D eigenvalue weighted by Gasteiger charge is -2.03. The van der Waals surface area contributed by atoms with E-state index in [-0.39, 0.29) is 24.0 Å². The first kappa shape index (κ1) is 19.1. The van der Waals surface area contributed by atoms with Crippen LogP contribution < -0.4 is 10.6 Å². The minimum Gasteiger partial charge on any atom is -0.459 e. The van der Waals surface area contributed by atoms with Crippen molar-refractivity contribution in [1.29, 1.82) is 0 Å². The smallest absolute Gasteiger partial charge is 0.286 e. The first-order chi connectivity index (χ1) is 13.2. The molecule has 0 saturated carbocycles. The summed E-state index contributed by atoms with van der Waals surface area (Å²) in [6.45, 7) is 0.390. The molecule has 0 fully saturated rings. The molecule has 140 valence electrons. The Balaban J connectivity index is 1.34. The van der Waals surface area contributed by atoms with Gasteiger partial charge in [0.1, 0.15) is 0 Å². The molecule has 0 aliphatic rings. The van der Waals surface area contributed by atoms with E-state index in [1.807, 2.05) is 18.2 Å². The maximum Gasteiger partial charge on any atom is 0.286 e. The van der Waals surface area contributed by atoms with E-state index >= 15 is 0 Å². The molecule has 7 nitrogen and oxygen atoms in total. The summed E-state index contributed by atoms with van der Waals surface area (Å²) >= 11 is 2.93. The average molecular weight is 403 g/mol. The summed E-state index contributed by atoms with van der Waals surface area (Å²) in [6, 6.07) is 13.3. The second-order valence-corrected chi connectivity index (χ2v) is 7.73. The lowest BCUT2D eigenvalue weighted by atomic mass is 10.2. The number of rotatable bonds is 9. The van der Waals surface area contributed by atoms with Crippen LogP contribution in [-0.4, -0.2) is 28.6 Å². The second-order valence-electron chi connectivity index (χ2n) is 5.53. The van der Waals surface area contributed by atoms with Crippen LogP contribution in [-0.2, 0) is 10.5 Å². The Hall–Kier alpha value is -2.65. The quantitative estimate of drug-likeness (QED) is 0.323. The highest BCUT2D eigenvalue weighted by Gasteiger charge is 2.10. The number of carbonyl (C=O) groups excluding carboxylic acids is 2. The van der Waals surface area contributed by atoms with Crippen LogP contribution in [0.25, 0.3) is 0 Å². The number of nitrogens with zero attached hydrogens (tertiary/aromatic N) is 2. The molecule has 27 heavy (non-hydrogen) atoms. The van der Waals surface area contributed by atoms with Crippen molar-refractivity contribution >= 4 is 40.0 Å². The molecule has 2 amide bonds. The molecule has 0 unspecified atom stereocenters. The minimum absolute atomic E-state index is 0.155. The summed E-state index contributed by atoms with van der Waals surface area (Å²) < 4.78 is 5.80. The van der Waals surface area contributed by atoms with Gasteiger partial charge >= 0.3 is 0 Å². The third-order valence-corrected chi connectivity index (χ3v) is 5.51. The Kier molecular flexibility index (Phi) is 7.00. The number of thioether (sulfide) groups is 1. The lowest BCUT2D eigenvalue weighted by molar-refractivity contribution is -0.116. The first-order valence-electron chi connectivity index (χ1n) is 8.32. The summed E-state index contributed by atoms with van der Waals surface area (Å²) in [7, 11) is 0. The zero-order chi connectivity index (χ0) is 18.9. The van der Waals surface area contributed by atoms with Gasteiger partial charge in [-0.05, 0) is 24.1 Å². The van der Waals surface area contributed by atoms with Crippen LogP contribution in [0.2, 0.25) is 0 Å². The zero-order valence-corrected chi connectivity index (χ0v) is 16.0. The number of nitrogens with one attached hydrogen (secondary N) is 2. The number of hydrogen-bond acceptors (Lipinski definition) is 7. The number of carbonyl (C=O) groups is 2. The minimum atomic E-state index is -0.287. The largest absolute Gasteiger partial charge is 0.459 e. The molecular weight excluding hydrogens is 384 g/mol. The first-order valence-corrected chi connectivity index (χ1v) is 10.1. The number of benzene rings is 1. The van der Waals surface area contributed by atoms with Gasteiger partial charge < -0.3 is 15.1 Å². The molecule has 9 heteroatoms. The number of anilines is 1. The molecule has 0 bridgehead atoms. The molecule has 3 rings (SSSR count). The SMILES string of the molecule is O=C(CCCNC(=O)c1ccco1)Nc1nnc(SCc2ccccc2)s1. The van der Waals surface area contributed by atoms with Gasteiger partial charge in [0, 0.05) is 18.7 Å². The fraction of sp³-hybridized carbons (Fsp3) is 0.222. The Bertz CT molecular complexity index is 866. The molecule has 1 aromatic carbocycles. The van der Waals surface area contributed by atoms with Crippen molar-refractivity contribution in [2.75, 3.05) is 11.9 Å². The summed E-state index contributed by atoms with van der Waals surface area (Å²) in [5, 5.41) is 14.0. The van der Waals surface area contributed by atoms with E-state index < -0.39 is 0 Å². The van der Waals surface area contributed by atoms with E-state index in [1.165, 1.54) is 23.2 Å². The lowest BCUT2D eigenvalue weighted by Crippen LogP contribution is -2.25. The van der Waals surface area contributed by atoms with Gasteiger partial charge in [-0.15, -0.1) is 10.2 Å². The van der Waals surface area contributed by atoms with Crippen LogP contribution in [0.4, 0.5) is 5.13 Å². The van der Waals surface area contributed by atoms with Gasteiger partial charge in [0.25, 0.3) is 5.91 Å². The van der Waals surface area contributed by atoms with E-state index in [4.69, 9.17) is 4.42 Å². The molecule has 2 heterocycles. The van der Waals surface area contributed by atoms with Gasteiger partial charge in [0.15, 0.2) is 10.1 Å². The third kappa shape index (κ3) is 6.22. The van der Waals surface area contributed by atoms with E-state index in [9.17, 15) is 9.59 Å². The molecule has 0 spiro atoms. The van der Waals surface area contributed by atoms with Crippen LogP contribution >= 0.6 is 23.1 Å². The Morgan fingerprint density at radius 3 is 2.74 bits per heavy atom. The van der Waals surface area contributed by atoms with Gasteiger partial charge in [0.05, 0.1) is 6.26 Å². The normalized spacial score (nSPS) is 10.5. The standard InChI is InChI=1S/C18H18N4O3S2/c23-15(9-4-10-19-16(24)14-8-5-11-25-14)20-17-21-22-18(27-17)26-12-13-6-2-1-3-7-13/h1-3,5-8,11H,4,9-10,12H2,(H,19,24)(H,20,21,23). The topological polar surface area (TPSA) is 97.1 Å². The number of amides is 2. The Morgan fingerprint density at radius 2 is 1.96 bits per heavy atom. The van der Waals surface area contributed by atoms with Crippen molar-refractivity contribution in [3.63, 3.8) is 0 Å². The zero-order valence-electron chi connectivity index (χ0n) is 14.4. The molecule has 0 atom stereocenters. The van der Waals surface area contributed by atoms with E-state index in [1.54, 1.807) is 23.9 Å². The Morgan fingerprint density at radius 1 is 1.11 bits per heavy atom. The monoisotopic (exact) mass is 402 g/mol. The van der Waals surface area contributed by atoms with Crippen molar-refractivity contribution < 1.29 is 14.0 Å². The van der Waals surface area contributed by atoms with Crippen molar-refractivity contribution in [1.82, 2.24) is 15.5 Å². The molecule has 0 saturated heterocycles. The predicted octanol–water partition coefficient (Wildman–Crippen LogP) is 3.57. The summed E-state index contributed by atoms with van der Waals surface area (Å²) in [6.07, 6.45) is 2.24. The molecule has 0 radical (unpaired) electrons.